The normalized spacial score (nSPS) is 10.7. The van der Waals surface area contributed by atoms with Gasteiger partial charge in [0.1, 0.15) is 11.3 Å². The molecule has 0 atom stereocenters. The third-order valence-corrected chi connectivity index (χ3v) is 3.32. The highest BCUT2D eigenvalue weighted by atomic mass is 16.6. The van der Waals surface area contributed by atoms with Crippen molar-refractivity contribution >= 4 is 22.4 Å². The van der Waals surface area contributed by atoms with Gasteiger partial charge in [0.2, 0.25) is 5.78 Å². The number of carbonyl (C=O) groups is 1. The van der Waals surface area contributed by atoms with Crippen LogP contribution in [0.4, 0.5) is 5.69 Å². The first kappa shape index (κ1) is 13.0. The maximum absolute atomic E-state index is 12.6. The fraction of sp³-hybridized carbons (Fsp3) is 0.0667. The standard InChI is InChI=1S/C15H11N3O3/c1-17-12-8-4-2-6-10(12)14(16-17)15(19)11-7-3-5-9-13(11)18(20)21/h2-9H,1H3. The lowest BCUT2D eigenvalue weighted by atomic mass is 10.0. The van der Waals surface area contributed by atoms with E-state index in [1.54, 1.807) is 29.9 Å². The van der Waals surface area contributed by atoms with E-state index < -0.39 is 10.7 Å². The lowest BCUT2D eigenvalue weighted by molar-refractivity contribution is -0.385. The Morgan fingerprint density at radius 1 is 1.14 bits per heavy atom. The molecule has 0 amide bonds. The number of ketones is 1. The van der Waals surface area contributed by atoms with Crippen LogP contribution in [0.3, 0.4) is 0 Å². The number of nitro groups is 1. The number of nitro benzene ring substituents is 1. The SMILES string of the molecule is Cn1nc(C(=O)c2ccccc2[N+](=O)[O-])c2ccccc21. The molecule has 0 bridgehead atoms. The van der Waals surface area contributed by atoms with E-state index in [-0.39, 0.29) is 16.9 Å². The number of nitrogens with zero attached hydrogens (tertiary/aromatic N) is 3. The van der Waals surface area contributed by atoms with Gasteiger partial charge in [0, 0.05) is 18.5 Å². The van der Waals surface area contributed by atoms with Gasteiger partial charge in [0.15, 0.2) is 0 Å². The van der Waals surface area contributed by atoms with E-state index in [1.165, 1.54) is 18.2 Å². The lowest BCUT2D eigenvalue weighted by Crippen LogP contribution is -2.07. The first-order valence-corrected chi connectivity index (χ1v) is 6.29. The Bertz CT molecular complexity index is 867. The number of aryl methyl sites for hydroxylation is 1. The number of hydrogen-bond donors (Lipinski definition) is 0. The van der Waals surface area contributed by atoms with Gasteiger partial charge in [-0.05, 0) is 12.1 Å². The van der Waals surface area contributed by atoms with Crippen molar-refractivity contribution in [3.63, 3.8) is 0 Å². The van der Waals surface area contributed by atoms with Crippen molar-refractivity contribution in [2.24, 2.45) is 7.05 Å². The van der Waals surface area contributed by atoms with Crippen molar-refractivity contribution in [2.75, 3.05) is 0 Å². The van der Waals surface area contributed by atoms with Gasteiger partial charge in [-0.3, -0.25) is 19.6 Å². The van der Waals surface area contributed by atoms with E-state index in [9.17, 15) is 14.9 Å². The molecule has 6 nitrogen and oxygen atoms in total. The van der Waals surface area contributed by atoms with Gasteiger partial charge < -0.3 is 0 Å². The number of carbonyl (C=O) groups excluding carboxylic acids is 1. The molecular weight excluding hydrogens is 270 g/mol. The van der Waals surface area contributed by atoms with Gasteiger partial charge in [-0.1, -0.05) is 30.3 Å². The molecule has 0 fully saturated rings. The van der Waals surface area contributed by atoms with E-state index in [4.69, 9.17) is 0 Å². The number of benzene rings is 2. The maximum atomic E-state index is 12.6. The molecule has 0 saturated carbocycles. The van der Waals surface area contributed by atoms with Gasteiger partial charge in [-0.15, -0.1) is 0 Å². The molecule has 1 aromatic heterocycles. The molecule has 0 aliphatic carbocycles. The van der Waals surface area contributed by atoms with Crippen molar-refractivity contribution in [2.45, 2.75) is 0 Å². The molecular formula is C15H11N3O3. The minimum Gasteiger partial charge on any atom is -0.286 e. The summed E-state index contributed by atoms with van der Waals surface area (Å²) >= 11 is 0. The van der Waals surface area contributed by atoms with Crippen LogP contribution in [0.1, 0.15) is 16.1 Å². The van der Waals surface area contributed by atoms with Crippen LogP contribution in [0, 0.1) is 10.1 Å². The largest absolute Gasteiger partial charge is 0.286 e. The minimum atomic E-state index is -0.557. The molecule has 21 heavy (non-hydrogen) atoms. The van der Waals surface area contributed by atoms with Crippen LogP contribution < -0.4 is 0 Å². The number of aromatic nitrogens is 2. The summed E-state index contributed by atoms with van der Waals surface area (Å²) in [5, 5.41) is 15.9. The second kappa shape index (κ2) is 4.82. The molecule has 3 rings (SSSR count). The monoisotopic (exact) mass is 281 g/mol. The van der Waals surface area contributed by atoms with E-state index in [1.807, 2.05) is 12.1 Å². The van der Waals surface area contributed by atoms with Crippen molar-refractivity contribution in [1.82, 2.24) is 9.78 Å². The molecule has 0 aliphatic heterocycles. The zero-order chi connectivity index (χ0) is 15.0. The first-order valence-electron chi connectivity index (χ1n) is 6.29. The van der Waals surface area contributed by atoms with Crippen molar-refractivity contribution in [3.8, 4) is 0 Å². The molecule has 0 spiro atoms. The fourth-order valence-corrected chi connectivity index (χ4v) is 2.33. The fourth-order valence-electron chi connectivity index (χ4n) is 2.33. The summed E-state index contributed by atoms with van der Waals surface area (Å²) in [5.41, 5.74) is 0.866. The van der Waals surface area contributed by atoms with Crippen LogP contribution in [0.15, 0.2) is 48.5 Å². The number of fused-ring (bicyclic) bond motifs is 1. The molecule has 0 unspecified atom stereocenters. The van der Waals surface area contributed by atoms with Crippen LogP contribution in [-0.2, 0) is 7.05 Å². The summed E-state index contributed by atoms with van der Waals surface area (Å²) in [6.07, 6.45) is 0. The number of para-hydroxylation sites is 2. The van der Waals surface area contributed by atoms with Crippen molar-refractivity contribution < 1.29 is 9.72 Å². The molecule has 0 N–H and O–H groups in total. The summed E-state index contributed by atoms with van der Waals surface area (Å²) in [6.45, 7) is 0. The van der Waals surface area contributed by atoms with Crippen LogP contribution in [0.2, 0.25) is 0 Å². The third-order valence-electron chi connectivity index (χ3n) is 3.32. The Balaban J connectivity index is 2.20. The van der Waals surface area contributed by atoms with Crippen LogP contribution >= 0.6 is 0 Å². The van der Waals surface area contributed by atoms with Gasteiger partial charge in [0.05, 0.1) is 10.4 Å². The van der Waals surface area contributed by atoms with Gasteiger partial charge in [-0.25, -0.2) is 0 Å². The smallest absolute Gasteiger partial charge is 0.280 e. The van der Waals surface area contributed by atoms with Crippen molar-refractivity contribution in [1.29, 1.82) is 0 Å². The number of rotatable bonds is 3. The average molecular weight is 281 g/mol. The highest BCUT2D eigenvalue weighted by molar-refractivity contribution is 6.16. The van der Waals surface area contributed by atoms with Crippen molar-refractivity contribution in [3.05, 3.63) is 69.9 Å². The highest BCUT2D eigenvalue weighted by Crippen LogP contribution is 2.25. The summed E-state index contributed by atoms with van der Waals surface area (Å²) in [6, 6.07) is 13.2. The zero-order valence-electron chi connectivity index (χ0n) is 11.2. The minimum absolute atomic E-state index is 0.0475. The molecule has 0 radical (unpaired) electrons. The topological polar surface area (TPSA) is 78.0 Å². The van der Waals surface area contributed by atoms with E-state index in [0.717, 1.165) is 5.52 Å². The summed E-state index contributed by atoms with van der Waals surface area (Å²) in [4.78, 5) is 23.1. The molecule has 3 aromatic rings. The summed E-state index contributed by atoms with van der Waals surface area (Å²) in [7, 11) is 1.73. The van der Waals surface area contributed by atoms with E-state index in [2.05, 4.69) is 5.10 Å². The highest BCUT2D eigenvalue weighted by Gasteiger charge is 2.24. The van der Waals surface area contributed by atoms with E-state index >= 15 is 0 Å². The Kier molecular flexibility index (Phi) is 2.98. The average Bonchev–Trinajstić information content (AvgIpc) is 2.84. The predicted octanol–water partition coefficient (Wildman–Crippen LogP) is 2.71. The van der Waals surface area contributed by atoms with Crippen LogP contribution in [-0.4, -0.2) is 20.5 Å². The first-order chi connectivity index (χ1) is 10.1. The van der Waals surface area contributed by atoms with Crippen LogP contribution in [0.25, 0.3) is 10.9 Å². The second-order valence-corrected chi connectivity index (χ2v) is 4.59. The Morgan fingerprint density at radius 3 is 2.57 bits per heavy atom. The van der Waals surface area contributed by atoms with Gasteiger partial charge in [-0.2, -0.15) is 5.10 Å². The molecule has 104 valence electrons. The molecule has 2 aromatic carbocycles. The lowest BCUT2D eigenvalue weighted by Gasteiger charge is -2.00. The predicted molar refractivity (Wildman–Crippen MR) is 77.2 cm³/mol. The van der Waals surface area contributed by atoms with Gasteiger partial charge >= 0.3 is 0 Å². The number of hydrogen-bond acceptors (Lipinski definition) is 4. The molecule has 1 heterocycles. The second-order valence-electron chi connectivity index (χ2n) is 4.59. The zero-order valence-corrected chi connectivity index (χ0v) is 11.2. The molecule has 6 heteroatoms. The Morgan fingerprint density at radius 2 is 1.81 bits per heavy atom. The Labute approximate surface area is 119 Å². The van der Waals surface area contributed by atoms with E-state index in [0.29, 0.717) is 5.39 Å². The summed E-state index contributed by atoms with van der Waals surface area (Å²) in [5.74, 6) is -0.445. The van der Waals surface area contributed by atoms with Gasteiger partial charge in [0.25, 0.3) is 5.69 Å². The molecule has 0 aliphatic rings. The van der Waals surface area contributed by atoms with Crippen LogP contribution in [0.5, 0.6) is 0 Å². The Hall–Kier alpha value is -3.02. The third kappa shape index (κ3) is 2.06. The maximum Gasteiger partial charge on any atom is 0.280 e. The summed E-state index contributed by atoms with van der Waals surface area (Å²) < 4.78 is 1.59. The quantitative estimate of drug-likeness (QED) is 0.420. The molecule has 0 saturated heterocycles.